The lowest BCUT2D eigenvalue weighted by molar-refractivity contribution is 0.149. The topological polar surface area (TPSA) is 79.7 Å². The van der Waals surface area contributed by atoms with Gasteiger partial charge < -0.3 is 4.98 Å². The van der Waals surface area contributed by atoms with E-state index in [-0.39, 0.29) is 11.6 Å². The van der Waals surface area contributed by atoms with Crippen LogP contribution in [-0.4, -0.2) is 43.2 Å². The van der Waals surface area contributed by atoms with E-state index in [2.05, 4.69) is 70.4 Å². The van der Waals surface area contributed by atoms with Crippen LogP contribution in [-0.2, 0) is 6.54 Å². The van der Waals surface area contributed by atoms with Crippen LogP contribution in [0, 0.1) is 19.8 Å². The quantitative estimate of drug-likeness (QED) is 0.505. The number of likely N-dealkylation sites (tertiary alicyclic amines) is 1. The molecule has 0 aliphatic carbocycles. The largest absolute Gasteiger partial charge is 0.321 e. The lowest BCUT2D eigenvalue weighted by Gasteiger charge is -2.36. The molecule has 0 saturated carbocycles. The lowest BCUT2D eigenvalue weighted by atomic mass is 9.95. The number of hydrogen-bond acceptors (Lipinski definition) is 5. The molecule has 1 fully saturated rings. The van der Waals surface area contributed by atoms with E-state index >= 15 is 0 Å². The molecule has 7 heteroatoms. The summed E-state index contributed by atoms with van der Waals surface area (Å²) in [5.41, 5.74) is 4.92. The van der Waals surface area contributed by atoms with Crippen molar-refractivity contribution in [2.24, 2.45) is 5.92 Å². The first-order chi connectivity index (χ1) is 16.0. The van der Waals surface area contributed by atoms with Crippen molar-refractivity contribution in [3.05, 3.63) is 87.0 Å². The minimum Gasteiger partial charge on any atom is -0.321 e. The summed E-state index contributed by atoms with van der Waals surface area (Å²) in [7, 11) is 0. The molecule has 5 rings (SSSR count). The van der Waals surface area contributed by atoms with Crippen LogP contribution in [0.15, 0.2) is 53.3 Å². The Morgan fingerprint density at radius 3 is 2.61 bits per heavy atom. The molecule has 0 amide bonds. The monoisotopic (exact) mass is 442 g/mol. The van der Waals surface area contributed by atoms with Gasteiger partial charge in [-0.15, -0.1) is 5.10 Å². The van der Waals surface area contributed by atoms with E-state index in [1.165, 1.54) is 5.56 Å². The zero-order valence-electron chi connectivity index (χ0n) is 19.5. The Kier molecular flexibility index (Phi) is 5.81. The predicted octanol–water partition coefficient (Wildman–Crippen LogP) is 4.00. The fraction of sp³-hybridized carbons (Fsp3) is 0.385. The highest BCUT2D eigenvalue weighted by atomic mass is 16.1. The molecule has 170 valence electrons. The average Bonchev–Trinajstić information content (AvgIpc) is 3.27. The number of nitrogens with zero attached hydrogens (tertiary/aromatic N) is 5. The zero-order valence-corrected chi connectivity index (χ0v) is 19.5. The van der Waals surface area contributed by atoms with E-state index in [1.807, 2.05) is 28.9 Å². The third kappa shape index (κ3) is 4.20. The van der Waals surface area contributed by atoms with Gasteiger partial charge in [0.1, 0.15) is 6.04 Å². The van der Waals surface area contributed by atoms with Crippen molar-refractivity contribution in [1.82, 2.24) is 30.1 Å². The maximum absolute atomic E-state index is 13.4. The number of piperidine rings is 1. The van der Waals surface area contributed by atoms with Crippen molar-refractivity contribution in [1.29, 1.82) is 0 Å². The van der Waals surface area contributed by atoms with E-state index in [9.17, 15) is 4.79 Å². The van der Waals surface area contributed by atoms with Crippen molar-refractivity contribution in [2.45, 2.75) is 46.2 Å². The van der Waals surface area contributed by atoms with Crippen LogP contribution in [0.4, 0.5) is 0 Å². The summed E-state index contributed by atoms with van der Waals surface area (Å²) in [6.07, 6.45) is 2.20. The molecule has 1 saturated heterocycles. The Labute approximate surface area is 193 Å². The van der Waals surface area contributed by atoms with Gasteiger partial charge in [0.05, 0.1) is 12.1 Å². The van der Waals surface area contributed by atoms with Gasteiger partial charge in [-0.2, -0.15) is 0 Å². The van der Waals surface area contributed by atoms with Crippen LogP contribution in [0.3, 0.4) is 0 Å². The van der Waals surface area contributed by atoms with E-state index in [0.717, 1.165) is 48.0 Å². The number of aromatic amines is 1. The fourth-order valence-corrected chi connectivity index (χ4v) is 4.81. The second-order valence-electron chi connectivity index (χ2n) is 9.33. The molecule has 0 spiro atoms. The van der Waals surface area contributed by atoms with Gasteiger partial charge >= 0.3 is 0 Å². The second-order valence-corrected chi connectivity index (χ2v) is 9.33. The molecule has 7 nitrogen and oxygen atoms in total. The van der Waals surface area contributed by atoms with Crippen molar-refractivity contribution >= 4 is 10.9 Å². The van der Waals surface area contributed by atoms with Gasteiger partial charge in [-0.05, 0) is 84.3 Å². The summed E-state index contributed by atoms with van der Waals surface area (Å²) in [6.45, 7) is 8.80. The predicted molar refractivity (Wildman–Crippen MR) is 129 cm³/mol. The number of aromatic nitrogens is 5. The number of benzene rings is 2. The molecular weight excluding hydrogens is 412 g/mol. The van der Waals surface area contributed by atoms with E-state index < -0.39 is 0 Å². The number of aryl methyl sites for hydroxylation is 2. The van der Waals surface area contributed by atoms with Crippen LogP contribution in [0.5, 0.6) is 0 Å². The Bertz CT molecular complexity index is 1320. The number of hydrogen-bond donors (Lipinski definition) is 1. The SMILES string of the molecule is Cc1ccc2cc([C@H](c3nnnn3Cc3ccccc3)N3CCC(C)CC3)c(=O)[nH]c2c1C. The number of rotatable bonds is 5. The smallest absolute Gasteiger partial charge is 0.253 e. The van der Waals surface area contributed by atoms with Gasteiger partial charge in [-0.3, -0.25) is 9.69 Å². The first kappa shape index (κ1) is 21.5. The van der Waals surface area contributed by atoms with E-state index in [1.54, 1.807) is 0 Å². The van der Waals surface area contributed by atoms with Crippen molar-refractivity contribution in [3.8, 4) is 0 Å². The Balaban J connectivity index is 1.63. The highest BCUT2D eigenvalue weighted by molar-refractivity contribution is 5.83. The molecule has 0 unspecified atom stereocenters. The van der Waals surface area contributed by atoms with Crippen molar-refractivity contribution in [3.63, 3.8) is 0 Å². The molecule has 0 radical (unpaired) electrons. The molecule has 1 aliphatic heterocycles. The molecular formula is C26H30N6O. The van der Waals surface area contributed by atoms with Crippen LogP contribution in [0.2, 0.25) is 0 Å². The minimum atomic E-state index is -0.300. The molecule has 3 heterocycles. The Morgan fingerprint density at radius 2 is 1.85 bits per heavy atom. The highest BCUT2D eigenvalue weighted by Gasteiger charge is 2.32. The molecule has 2 aromatic carbocycles. The van der Waals surface area contributed by atoms with Gasteiger partial charge in [0.15, 0.2) is 5.82 Å². The summed E-state index contributed by atoms with van der Waals surface area (Å²) >= 11 is 0. The normalized spacial score (nSPS) is 16.3. The van der Waals surface area contributed by atoms with Gasteiger partial charge in [0.25, 0.3) is 5.56 Å². The lowest BCUT2D eigenvalue weighted by Crippen LogP contribution is -2.40. The highest BCUT2D eigenvalue weighted by Crippen LogP contribution is 2.31. The van der Waals surface area contributed by atoms with E-state index in [4.69, 9.17) is 0 Å². The van der Waals surface area contributed by atoms with Crippen LogP contribution in [0.1, 0.15) is 53.9 Å². The first-order valence-electron chi connectivity index (χ1n) is 11.7. The summed E-state index contributed by atoms with van der Waals surface area (Å²) in [4.78, 5) is 19.0. The molecule has 1 aliphatic rings. The number of pyridine rings is 1. The average molecular weight is 443 g/mol. The molecule has 0 bridgehead atoms. The molecule has 2 aromatic heterocycles. The number of fused-ring (bicyclic) bond motifs is 1. The Morgan fingerprint density at radius 1 is 1.09 bits per heavy atom. The van der Waals surface area contributed by atoms with Crippen LogP contribution < -0.4 is 5.56 Å². The number of H-pyrrole nitrogens is 1. The Hall–Kier alpha value is -3.32. The number of nitrogens with one attached hydrogen (secondary N) is 1. The van der Waals surface area contributed by atoms with Crippen molar-refractivity contribution < 1.29 is 0 Å². The third-order valence-corrected chi connectivity index (χ3v) is 7.04. The molecule has 33 heavy (non-hydrogen) atoms. The fourth-order valence-electron chi connectivity index (χ4n) is 4.81. The maximum atomic E-state index is 13.4. The standard InChI is InChI=1S/C26H30N6O/c1-17-11-13-31(14-12-17)24(25-28-29-30-32(25)16-20-7-5-4-6-8-20)22-15-21-10-9-18(2)19(3)23(21)27-26(22)33/h4-10,15,17,24H,11-14,16H2,1-3H3,(H,27,33)/t24-/m1/s1. The summed E-state index contributed by atoms with van der Waals surface area (Å²) in [6, 6.07) is 16.1. The third-order valence-electron chi connectivity index (χ3n) is 7.04. The van der Waals surface area contributed by atoms with Gasteiger partial charge in [0, 0.05) is 5.56 Å². The maximum Gasteiger partial charge on any atom is 0.253 e. The summed E-state index contributed by atoms with van der Waals surface area (Å²) in [5.74, 6) is 1.39. The minimum absolute atomic E-state index is 0.0749. The molecule has 4 aromatic rings. The van der Waals surface area contributed by atoms with Crippen LogP contribution in [0.25, 0.3) is 10.9 Å². The number of tetrazole rings is 1. The first-order valence-corrected chi connectivity index (χ1v) is 11.7. The summed E-state index contributed by atoms with van der Waals surface area (Å²) in [5, 5.41) is 13.8. The molecule has 1 atom stereocenters. The molecule has 1 N–H and O–H groups in total. The zero-order chi connectivity index (χ0) is 22.9. The van der Waals surface area contributed by atoms with Crippen molar-refractivity contribution in [2.75, 3.05) is 13.1 Å². The second kappa shape index (κ2) is 8.90. The summed E-state index contributed by atoms with van der Waals surface area (Å²) < 4.78 is 1.84. The van der Waals surface area contributed by atoms with Gasteiger partial charge in [-0.25, -0.2) is 4.68 Å². The van der Waals surface area contributed by atoms with Gasteiger partial charge in [0.2, 0.25) is 0 Å². The van der Waals surface area contributed by atoms with Crippen LogP contribution >= 0.6 is 0 Å². The van der Waals surface area contributed by atoms with Gasteiger partial charge in [-0.1, -0.05) is 49.4 Å². The van der Waals surface area contributed by atoms with E-state index in [0.29, 0.717) is 23.9 Å².